The Bertz CT molecular complexity index is 336. The van der Waals surface area contributed by atoms with Gasteiger partial charge in [-0.3, -0.25) is 0 Å². The molecule has 1 atom stereocenters. The first-order chi connectivity index (χ1) is 7.75. The maximum Gasteiger partial charge on any atom is 0.391 e. The zero-order valence-electron chi connectivity index (χ0n) is 9.14. The topological polar surface area (TPSA) is 38.8 Å². The van der Waals surface area contributed by atoms with E-state index in [4.69, 9.17) is 16.3 Å². The lowest BCUT2D eigenvalue weighted by molar-refractivity contribution is -0.184. The molecular formula is C10H12ClF3O3. The van der Waals surface area contributed by atoms with Gasteiger partial charge in [0.1, 0.15) is 5.60 Å². The van der Waals surface area contributed by atoms with Gasteiger partial charge in [0.15, 0.2) is 0 Å². The second kappa shape index (κ2) is 3.75. The molecule has 2 rings (SSSR count). The molecule has 7 heteroatoms. The highest BCUT2D eigenvalue weighted by Gasteiger charge is 2.75. The van der Waals surface area contributed by atoms with Crippen molar-refractivity contribution >= 4 is 17.6 Å². The lowest BCUT2D eigenvalue weighted by atomic mass is 9.79. The van der Waals surface area contributed by atoms with Crippen LogP contribution in [0.15, 0.2) is 0 Å². The summed E-state index contributed by atoms with van der Waals surface area (Å²) in [4.78, 5) is 11.3. The maximum absolute atomic E-state index is 12.5. The summed E-state index contributed by atoms with van der Waals surface area (Å²) in [5, 5.41) is -1.57. The van der Waals surface area contributed by atoms with Crippen molar-refractivity contribution in [2.45, 2.75) is 42.5 Å². The van der Waals surface area contributed by atoms with E-state index in [1.54, 1.807) is 0 Å². The van der Waals surface area contributed by atoms with Crippen molar-refractivity contribution in [3.63, 3.8) is 0 Å². The van der Waals surface area contributed by atoms with Gasteiger partial charge >= 0.3 is 12.1 Å². The highest BCUT2D eigenvalue weighted by atomic mass is 35.5. The van der Waals surface area contributed by atoms with Crippen molar-refractivity contribution in [3.8, 4) is 0 Å². The van der Waals surface area contributed by atoms with E-state index in [0.29, 0.717) is 0 Å². The molecule has 1 saturated heterocycles. The molecule has 0 bridgehead atoms. The van der Waals surface area contributed by atoms with Gasteiger partial charge in [0.2, 0.25) is 0 Å². The molecule has 98 valence electrons. The predicted molar refractivity (Wildman–Crippen MR) is 52.4 cm³/mol. The average Bonchev–Trinajstić information content (AvgIpc) is 2.83. The van der Waals surface area contributed by atoms with E-state index in [2.05, 4.69) is 4.74 Å². The van der Waals surface area contributed by atoms with Gasteiger partial charge in [-0.2, -0.15) is 13.2 Å². The van der Waals surface area contributed by atoms with Crippen LogP contribution in [0.5, 0.6) is 0 Å². The number of esters is 1. The number of ether oxygens (including phenoxy) is 2. The van der Waals surface area contributed by atoms with Crippen LogP contribution in [0.3, 0.4) is 0 Å². The number of hydrogen-bond donors (Lipinski definition) is 0. The number of carbonyl (C=O) groups is 1. The van der Waals surface area contributed by atoms with Crippen LogP contribution < -0.4 is 0 Å². The molecule has 0 aromatic carbocycles. The molecule has 1 heterocycles. The molecule has 0 aromatic heterocycles. The average molecular weight is 273 g/mol. The quantitative estimate of drug-likeness (QED) is 0.418. The summed E-state index contributed by atoms with van der Waals surface area (Å²) >= 11 is 5.91. The minimum Gasteiger partial charge on any atom is -0.466 e. The van der Waals surface area contributed by atoms with Crippen molar-refractivity contribution in [1.29, 1.82) is 0 Å². The highest BCUT2D eigenvalue weighted by Crippen LogP contribution is 2.61. The third-order valence-corrected chi connectivity index (χ3v) is 4.16. The van der Waals surface area contributed by atoms with Gasteiger partial charge in [-0.05, 0) is 25.7 Å². The van der Waals surface area contributed by atoms with Crippen LogP contribution in [0.1, 0.15) is 25.7 Å². The number of epoxide rings is 1. The number of rotatable bonds is 1. The smallest absolute Gasteiger partial charge is 0.391 e. The summed E-state index contributed by atoms with van der Waals surface area (Å²) < 4.78 is 47.0. The van der Waals surface area contributed by atoms with Gasteiger partial charge in [0, 0.05) is 0 Å². The first kappa shape index (κ1) is 13.0. The number of alkyl halides is 4. The van der Waals surface area contributed by atoms with Crippen LogP contribution in [-0.4, -0.2) is 29.9 Å². The van der Waals surface area contributed by atoms with E-state index in [0.717, 1.165) is 0 Å². The summed E-state index contributed by atoms with van der Waals surface area (Å²) in [6.07, 6.45) is -4.04. The first-order valence-electron chi connectivity index (χ1n) is 5.29. The second-order valence-electron chi connectivity index (χ2n) is 4.50. The molecule has 0 amide bonds. The highest BCUT2D eigenvalue weighted by molar-refractivity contribution is 6.36. The van der Waals surface area contributed by atoms with Crippen molar-refractivity contribution in [1.82, 2.24) is 0 Å². The fourth-order valence-corrected chi connectivity index (χ4v) is 2.85. The first-order valence-corrected chi connectivity index (χ1v) is 5.67. The Labute approximate surface area is 101 Å². The Kier molecular flexibility index (Phi) is 2.86. The summed E-state index contributed by atoms with van der Waals surface area (Å²) in [5.74, 6) is -2.06. The molecule has 1 aliphatic heterocycles. The molecule has 1 aliphatic carbocycles. The van der Waals surface area contributed by atoms with Crippen LogP contribution in [0, 0.1) is 5.92 Å². The summed E-state index contributed by atoms with van der Waals surface area (Å²) in [5.41, 5.74) is -0.955. The molecule has 1 saturated carbocycles. The zero-order valence-corrected chi connectivity index (χ0v) is 9.90. The number of hydrogen-bond acceptors (Lipinski definition) is 3. The van der Waals surface area contributed by atoms with Gasteiger partial charge in [0.25, 0.3) is 5.06 Å². The second-order valence-corrected chi connectivity index (χ2v) is 5.03. The van der Waals surface area contributed by atoms with Gasteiger partial charge in [-0.25, -0.2) is 4.79 Å². The molecule has 2 aliphatic rings. The molecule has 2 fully saturated rings. The Morgan fingerprint density at radius 2 is 1.94 bits per heavy atom. The SMILES string of the molecule is COC(=O)C1(Cl)OC12CCC(C(F)(F)F)CC2. The van der Waals surface area contributed by atoms with Gasteiger partial charge in [0.05, 0.1) is 13.0 Å². The lowest BCUT2D eigenvalue weighted by Gasteiger charge is -2.28. The van der Waals surface area contributed by atoms with E-state index >= 15 is 0 Å². The third kappa shape index (κ3) is 1.91. The minimum absolute atomic E-state index is 0.0606. The summed E-state index contributed by atoms with van der Waals surface area (Å²) in [6.45, 7) is 0. The number of halogens is 4. The molecular weight excluding hydrogens is 261 g/mol. The Balaban J connectivity index is 2.00. The van der Waals surface area contributed by atoms with Crippen LogP contribution in [-0.2, 0) is 14.3 Å². The molecule has 0 aromatic rings. The van der Waals surface area contributed by atoms with Crippen LogP contribution in [0.2, 0.25) is 0 Å². The lowest BCUT2D eigenvalue weighted by Crippen LogP contribution is -2.37. The fraction of sp³-hybridized carbons (Fsp3) is 0.900. The van der Waals surface area contributed by atoms with Gasteiger partial charge in [-0.1, -0.05) is 11.6 Å². The predicted octanol–water partition coefficient (Wildman–Crippen LogP) is 2.62. The zero-order chi connectivity index (χ0) is 12.9. The Hall–Kier alpha value is -0.490. The fourth-order valence-electron chi connectivity index (χ4n) is 2.44. The van der Waals surface area contributed by atoms with Crippen molar-refractivity contribution in [2.24, 2.45) is 5.92 Å². The van der Waals surface area contributed by atoms with Gasteiger partial charge in [-0.15, -0.1) is 0 Å². The number of carbonyl (C=O) groups excluding carboxylic acids is 1. The Morgan fingerprint density at radius 3 is 2.35 bits per heavy atom. The van der Waals surface area contributed by atoms with Crippen molar-refractivity contribution < 1.29 is 27.4 Å². The Morgan fingerprint density at radius 1 is 1.41 bits per heavy atom. The molecule has 0 N–H and O–H groups in total. The minimum atomic E-state index is -4.18. The molecule has 3 nitrogen and oxygen atoms in total. The third-order valence-electron chi connectivity index (χ3n) is 3.58. The largest absolute Gasteiger partial charge is 0.466 e. The standard InChI is InChI=1S/C10H12ClF3O3/c1-16-7(15)9(11)8(17-9)4-2-6(3-5-8)10(12,13)14/h6H,2-5H2,1H3. The van der Waals surface area contributed by atoms with E-state index in [9.17, 15) is 18.0 Å². The van der Waals surface area contributed by atoms with E-state index in [-0.39, 0.29) is 25.7 Å². The van der Waals surface area contributed by atoms with E-state index < -0.39 is 28.7 Å². The molecule has 0 radical (unpaired) electrons. The van der Waals surface area contributed by atoms with Crippen molar-refractivity contribution in [2.75, 3.05) is 7.11 Å². The summed E-state index contributed by atoms with van der Waals surface area (Å²) in [7, 11) is 1.17. The van der Waals surface area contributed by atoms with Crippen LogP contribution in [0.25, 0.3) is 0 Å². The van der Waals surface area contributed by atoms with Crippen LogP contribution in [0.4, 0.5) is 13.2 Å². The summed E-state index contributed by atoms with van der Waals surface area (Å²) in [6, 6.07) is 0. The van der Waals surface area contributed by atoms with Gasteiger partial charge < -0.3 is 9.47 Å². The number of methoxy groups -OCH3 is 1. The molecule has 1 unspecified atom stereocenters. The monoisotopic (exact) mass is 272 g/mol. The van der Waals surface area contributed by atoms with Crippen molar-refractivity contribution in [3.05, 3.63) is 0 Å². The van der Waals surface area contributed by atoms with Crippen LogP contribution >= 0.6 is 11.6 Å². The van der Waals surface area contributed by atoms with E-state index in [1.165, 1.54) is 7.11 Å². The van der Waals surface area contributed by atoms with E-state index in [1.807, 2.05) is 0 Å². The maximum atomic E-state index is 12.5. The molecule has 1 spiro atoms. The normalized spacial score (nSPS) is 41.4. The molecule has 17 heavy (non-hydrogen) atoms.